The molecule has 0 radical (unpaired) electrons. The molecule has 2 atom stereocenters. The lowest BCUT2D eigenvalue weighted by atomic mass is 9.76. The van der Waals surface area contributed by atoms with E-state index in [1.54, 1.807) is 0 Å². The molecule has 2 unspecified atom stereocenters. The number of halogens is 2. The lowest BCUT2D eigenvalue weighted by Gasteiger charge is -2.32. The fraction of sp³-hybridized carbons (Fsp3) is 0.667. The Balaban J connectivity index is 1.93. The number of hydrogen-bond donors (Lipinski definition) is 1. The van der Waals surface area contributed by atoms with E-state index in [1.807, 2.05) is 12.1 Å². The van der Waals surface area contributed by atoms with Gasteiger partial charge in [-0.05, 0) is 67.8 Å². The van der Waals surface area contributed by atoms with Crippen LogP contribution in [-0.2, 0) is 6.42 Å². The highest BCUT2D eigenvalue weighted by Gasteiger charge is 2.25. The van der Waals surface area contributed by atoms with E-state index in [2.05, 4.69) is 25.2 Å². The van der Waals surface area contributed by atoms with E-state index in [1.165, 1.54) is 31.2 Å². The van der Waals surface area contributed by atoms with Crippen molar-refractivity contribution >= 4 is 23.2 Å². The topological polar surface area (TPSA) is 12.0 Å². The molecule has 1 nitrogen and oxygen atoms in total. The van der Waals surface area contributed by atoms with Gasteiger partial charge in [-0.1, -0.05) is 56.0 Å². The highest BCUT2D eigenvalue weighted by molar-refractivity contribution is 6.42. The van der Waals surface area contributed by atoms with E-state index in [0.717, 1.165) is 37.3 Å². The highest BCUT2D eigenvalue weighted by atomic mass is 35.5. The maximum absolute atomic E-state index is 6.14. The van der Waals surface area contributed by atoms with Crippen molar-refractivity contribution in [2.75, 3.05) is 13.1 Å². The van der Waals surface area contributed by atoms with Crippen LogP contribution in [0.1, 0.15) is 45.1 Å². The van der Waals surface area contributed by atoms with Crippen molar-refractivity contribution in [1.29, 1.82) is 0 Å². The van der Waals surface area contributed by atoms with E-state index in [4.69, 9.17) is 23.2 Å². The summed E-state index contributed by atoms with van der Waals surface area (Å²) in [5.74, 6) is 2.30. The van der Waals surface area contributed by atoms with Crippen LogP contribution in [0, 0.1) is 17.8 Å². The van der Waals surface area contributed by atoms with Gasteiger partial charge in [-0.3, -0.25) is 0 Å². The third kappa shape index (κ3) is 5.47. The molecule has 1 aromatic rings. The van der Waals surface area contributed by atoms with Gasteiger partial charge < -0.3 is 5.32 Å². The van der Waals surface area contributed by atoms with Crippen LogP contribution < -0.4 is 5.32 Å². The van der Waals surface area contributed by atoms with E-state index >= 15 is 0 Å². The first-order valence-electron chi connectivity index (χ1n) is 8.21. The number of nitrogens with one attached hydrogen (secondary N) is 1. The Hall–Kier alpha value is -0.240. The maximum Gasteiger partial charge on any atom is 0.0595 e. The zero-order valence-corrected chi connectivity index (χ0v) is 14.7. The summed E-state index contributed by atoms with van der Waals surface area (Å²) in [6, 6.07) is 6.09. The van der Waals surface area contributed by atoms with E-state index in [9.17, 15) is 0 Å². The molecule has 0 aliphatic heterocycles. The van der Waals surface area contributed by atoms with E-state index in [-0.39, 0.29) is 0 Å². The zero-order valence-electron chi connectivity index (χ0n) is 13.2. The summed E-state index contributed by atoms with van der Waals surface area (Å²) in [6.45, 7) is 6.81. The number of hydrogen-bond acceptors (Lipinski definition) is 1. The van der Waals surface area contributed by atoms with Crippen LogP contribution in [0.4, 0.5) is 0 Å². The fourth-order valence-corrected chi connectivity index (χ4v) is 3.67. The van der Waals surface area contributed by atoms with E-state index < -0.39 is 0 Å². The van der Waals surface area contributed by atoms with E-state index in [0.29, 0.717) is 10.0 Å². The van der Waals surface area contributed by atoms with Crippen LogP contribution >= 0.6 is 23.2 Å². The molecular formula is C18H27Cl2N. The van der Waals surface area contributed by atoms with Gasteiger partial charge in [0.1, 0.15) is 0 Å². The van der Waals surface area contributed by atoms with Gasteiger partial charge in [0.2, 0.25) is 0 Å². The summed E-state index contributed by atoms with van der Waals surface area (Å²) in [6.07, 6.45) is 6.58. The molecule has 1 aliphatic rings. The van der Waals surface area contributed by atoms with Gasteiger partial charge in [0, 0.05) is 0 Å². The van der Waals surface area contributed by atoms with Crippen LogP contribution in [0.25, 0.3) is 0 Å². The van der Waals surface area contributed by atoms with Crippen molar-refractivity contribution < 1.29 is 0 Å². The smallest absolute Gasteiger partial charge is 0.0595 e. The first kappa shape index (κ1) is 17.1. The van der Waals surface area contributed by atoms with Crippen molar-refractivity contribution in [1.82, 2.24) is 5.32 Å². The summed E-state index contributed by atoms with van der Waals surface area (Å²) in [5, 5.41) is 4.98. The third-order valence-corrected chi connectivity index (χ3v) is 5.25. The van der Waals surface area contributed by atoms with Crippen LogP contribution in [0.5, 0.6) is 0 Å². The second-order valence-corrected chi connectivity index (χ2v) is 7.62. The monoisotopic (exact) mass is 327 g/mol. The average molecular weight is 328 g/mol. The summed E-state index contributed by atoms with van der Waals surface area (Å²) in [4.78, 5) is 0. The normalized spacial score (nSPS) is 22.7. The molecule has 0 spiro atoms. The molecule has 3 heteroatoms. The van der Waals surface area contributed by atoms with Crippen LogP contribution in [-0.4, -0.2) is 13.1 Å². The average Bonchev–Trinajstić information content (AvgIpc) is 2.44. The van der Waals surface area contributed by atoms with Gasteiger partial charge in [-0.2, -0.15) is 0 Å². The predicted molar refractivity (Wildman–Crippen MR) is 93.3 cm³/mol. The van der Waals surface area contributed by atoms with Gasteiger partial charge >= 0.3 is 0 Å². The van der Waals surface area contributed by atoms with Crippen molar-refractivity contribution in [3.8, 4) is 0 Å². The van der Waals surface area contributed by atoms with Gasteiger partial charge in [0.15, 0.2) is 0 Å². The quantitative estimate of drug-likeness (QED) is 0.718. The first-order valence-corrected chi connectivity index (χ1v) is 8.96. The highest BCUT2D eigenvalue weighted by Crippen LogP contribution is 2.33. The van der Waals surface area contributed by atoms with Crippen molar-refractivity contribution in [3.63, 3.8) is 0 Å². The van der Waals surface area contributed by atoms with Crippen LogP contribution in [0.2, 0.25) is 10.0 Å². The maximum atomic E-state index is 6.14. The zero-order chi connectivity index (χ0) is 15.2. The van der Waals surface area contributed by atoms with Gasteiger partial charge in [-0.25, -0.2) is 0 Å². The summed E-state index contributed by atoms with van der Waals surface area (Å²) in [5.41, 5.74) is 1.32. The minimum atomic E-state index is 0.652. The second-order valence-electron chi connectivity index (χ2n) is 6.81. The molecule has 2 rings (SSSR count). The first-order chi connectivity index (χ1) is 10.1. The fourth-order valence-electron chi connectivity index (χ4n) is 3.35. The molecular weight excluding hydrogens is 301 g/mol. The molecule has 1 fully saturated rings. The minimum absolute atomic E-state index is 0.652. The summed E-state index contributed by atoms with van der Waals surface area (Å²) in [7, 11) is 0. The molecule has 0 bridgehead atoms. The van der Waals surface area contributed by atoms with Crippen molar-refractivity contribution in [3.05, 3.63) is 33.8 Å². The van der Waals surface area contributed by atoms with Gasteiger partial charge in [0.25, 0.3) is 0 Å². The Morgan fingerprint density at radius 3 is 2.48 bits per heavy atom. The lowest BCUT2D eigenvalue weighted by molar-refractivity contribution is 0.226. The summed E-state index contributed by atoms with van der Waals surface area (Å²) < 4.78 is 0. The minimum Gasteiger partial charge on any atom is -0.316 e. The molecule has 0 amide bonds. The summed E-state index contributed by atoms with van der Waals surface area (Å²) >= 11 is 12.2. The lowest BCUT2D eigenvalue weighted by Crippen LogP contribution is -2.33. The SMILES string of the molecule is CC(C)CNCC1CCCCC1Cc1ccc(Cl)c(Cl)c1. The molecule has 0 heterocycles. The number of benzene rings is 1. The standard InChI is InChI=1S/C18H27Cl2N/c1-13(2)11-21-12-16-6-4-3-5-15(16)9-14-7-8-17(19)18(20)10-14/h7-8,10,13,15-16,21H,3-6,9,11-12H2,1-2H3. The van der Waals surface area contributed by atoms with Crippen LogP contribution in [0.3, 0.4) is 0 Å². The van der Waals surface area contributed by atoms with Gasteiger partial charge in [-0.15, -0.1) is 0 Å². The largest absolute Gasteiger partial charge is 0.316 e. The van der Waals surface area contributed by atoms with Crippen molar-refractivity contribution in [2.24, 2.45) is 17.8 Å². The third-order valence-electron chi connectivity index (χ3n) is 4.51. The Bertz CT molecular complexity index is 445. The Labute approximate surface area is 139 Å². The number of rotatable bonds is 6. The second kappa shape index (κ2) is 8.41. The molecule has 1 aromatic carbocycles. The molecule has 1 saturated carbocycles. The predicted octanol–water partition coefficient (Wildman–Crippen LogP) is 5.59. The molecule has 0 saturated heterocycles. The molecule has 21 heavy (non-hydrogen) atoms. The Morgan fingerprint density at radius 1 is 1.10 bits per heavy atom. The molecule has 1 N–H and O–H groups in total. The molecule has 118 valence electrons. The van der Waals surface area contributed by atoms with Gasteiger partial charge in [0.05, 0.1) is 10.0 Å². The van der Waals surface area contributed by atoms with Crippen molar-refractivity contribution in [2.45, 2.75) is 46.0 Å². The molecule has 1 aliphatic carbocycles. The molecule has 0 aromatic heterocycles. The van der Waals surface area contributed by atoms with Crippen LogP contribution in [0.15, 0.2) is 18.2 Å². The Kier molecular flexibility index (Phi) is 6.85. The Morgan fingerprint density at radius 2 is 1.81 bits per heavy atom.